The highest BCUT2D eigenvalue weighted by atomic mass is 32.1. The largest absolute Gasteiger partial charge is 0.288 e. The lowest BCUT2D eigenvalue weighted by molar-refractivity contribution is -0.138. The maximum absolute atomic E-state index is 10.4. The maximum Gasteiger partial charge on any atom is 0.236 e. The molecule has 1 atom stereocenters. The van der Waals surface area contributed by atoms with Crippen molar-refractivity contribution in [1.82, 2.24) is 4.31 Å². The van der Waals surface area contributed by atoms with E-state index < -0.39 is 0 Å². The number of carbonyl (C=O) groups is 1. The zero-order valence-corrected chi connectivity index (χ0v) is 4.98. The molecule has 1 fully saturated rings. The monoisotopic (exact) mass is 117 g/mol. The van der Waals surface area contributed by atoms with Crippen LogP contribution in [0.1, 0.15) is 6.92 Å². The van der Waals surface area contributed by atoms with Crippen LogP contribution < -0.4 is 0 Å². The quantitative estimate of drug-likeness (QED) is 0.357. The van der Waals surface area contributed by atoms with Gasteiger partial charge in [-0.1, -0.05) is 19.7 Å². The molecule has 1 unspecified atom stereocenters. The second-order valence-electron chi connectivity index (χ2n) is 1.82. The number of hydrogen-bond donors (Lipinski definition) is 1. The third kappa shape index (κ3) is 0.608. The van der Waals surface area contributed by atoms with Crippen molar-refractivity contribution >= 4 is 18.7 Å². The van der Waals surface area contributed by atoms with Crippen molar-refractivity contribution in [1.29, 1.82) is 0 Å². The fraction of sp³-hybridized carbons (Fsp3) is 0.750. The molecule has 1 rings (SSSR count). The van der Waals surface area contributed by atoms with Crippen LogP contribution in [0.5, 0.6) is 0 Å². The first-order chi connectivity index (χ1) is 3.22. The number of rotatable bonds is 0. The van der Waals surface area contributed by atoms with Gasteiger partial charge in [-0.2, -0.15) is 0 Å². The van der Waals surface area contributed by atoms with E-state index in [1.165, 1.54) is 4.31 Å². The number of thiol groups is 1. The first-order valence-corrected chi connectivity index (χ1v) is 2.62. The van der Waals surface area contributed by atoms with Crippen LogP contribution in [0.2, 0.25) is 0 Å². The van der Waals surface area contributed by atoms with Crippen molar-refractivity contribution in [2.75, 3.05) is 6.54 Å². The fourth-order valence-corrected chi connectivity index (χ4v) is 1.01. The van der Waals surface area contributed by atoms with E-state index in [2.05, 4.69) is 12.8 Å². The molecule has 3 heteroatoms. The summed E-state index contributed by atoms with van der Waals surface area (Å²) in [6, 6.07) is 0. The Kier molecular flexibility index (Phi) is 0.995. The van der Waals surface area contributed by atoms with Crippen LogP contribution in [0.4, 0.5) is 0 Å². The van der Waals surface area contributed by atoms with E-state index in [4.69, 9.17) is 0 Å². The van der Waals surface area contributed by atoms with Crippen molar-refractivity contribution in [2.45, 2.75) is 6.92 Å². The molecule has 0 N–H and O–H groups in total. The summed E-state index contributed by atoms with van der Waals surface area (Å²) in [6.07, 6.45) is 0. The Hall–Kier alpha value is -0.180. The first kappa shape index (κ1) is 4.97. The molecule has 0 aromatic carbocycles. The van der Waals surface area contributed by atoms with Gasteiger partial charge in [0.1, 0.15) is 0 Å². The average Bonchev–Trinajstić information content (AvgIpc) is 1.68. The van der Waals surface area contributed by atoms with Gasteiger partial charge in [0.15, 0.2) is 0 Å². The lowest BCUT2D eigenvalue weighted by atomic mass is 10.1. The summed E-state index contributed by atoms with van der Waals surface area (Å²) in [4.78, 5) is 10.4. The first-order valence-electron chi connectivity index (χ1n) is 2.22. The minimum absolute atomic E-state index is 0.142. The molecule has 0 bridgehead atoms. The smallest absolute Gasteiger partial charge is 0.236 e. The normalized spacial score (nSPS) is 30.3. The summed E-state index contributed by atoms with van der Waals surface area (Å²) in [5, 5.41) is 0. The van der Waals surface area contributed by atoms with Crippen LogP contribution in [0.3, 0.4) is 0 Å². The molecule has 0 aromatic heterocycles. The van der Waals surface area contributed by atoms with Crippen LogP contribution in [0, 0.1) is 5.92 Å². The molecular formula is C4H7NOS. The van der Waals surface area contributed by atoms with Gasteiger partial charge in [0, 0.05) is 6.54 Å². The van der Waals surface area contributed by atoms with Gasteiger partial charge in [-0.3, -0.25) is 9.10 Å². The molecule has 1 aliphatic heterocycles. The van der Waals surface area contributed by atoms with Gasteiger partial charge in [0.05, 0.1) is 5.92 Å². The van der Waals surface area contributed by atoms with E-state index in [0.29, 0.717) is 0 Å². The molecule has 40 valence electrons. The molecule has 1 aliphatic rings. The van der Waals surface area contributed by atoms with Gasteiger partial charge in [-0.05, 0) is 0 Å². The number of hydrogen-bond acceptors (Lipinski definition) is 2. The minimum Gasteiger partial charge on any atom is -0.288 e. The van der Waals surface area contributed by atoms with E-state index in [1.807, 2.05) is 6.92 Å². The molecule has 0 aromatic rings. The van der Waals surface area contributed by atoms with E-state index in [1.54, 1.807) is 0 Å². The topological polar surface area (TPSA) is 20.3 Å². The summed E-state index contributed by atoms with van der Waals surface area (Å²) in [5.74, 6) is 0.362. The second-order valence-corrected chi connectivity index (χ2v) is 2.30. The van der Waals surface area contributed by atoms with E-state index >= 15 is 0 Å². The van der Waals surface area contributed by atoms with Gasteiger partial charge in [0.2, 0.25) is 5.91 Å². The van der Waals surface area contributed by atoms with Gasteiger partial charge < -0.3 is 0 Å². The van der Waals surface area contributed by atoms with Crippen molar-refractivity contribution in [3.8, 4) is 0 Å². The van der Waals surface area contributed by atoms with Crippen LogP contribution in [0.15, 0.2) is 0 Å². The number of carbonyl (C=O) groups excluding carboxylic acids is 1. The van der Waals surface area contributed by atoms with Gasteiger partial charge in [-0.25, -0.2) is 0 Å². The molecule has 1 heterocycles. The zero-order chi connectivity index (χ0) is 5.44. The highest BCUT2D eigenvalue weighted by molar-refractivity contribution is 7.78. The van der Waals surface area contributed by atoms with E-state index in [-0.39, 0.29) is 11.8 Å². The third-order valence-corrected chi connectivity index (χ3v) is 1.48. The SMILES string of the molecule is CC1CN(S)C1=O. The molecule has 1 saturated heterocycles. The number of β-lactam (4-membered cyclic amide) rings is 1. The molecular weight excluding hydrogens is 110 g/mol. The standard InChI is InChI=1S/C4H7NOS/c1-3-2-5(7)4(3)6/h3,7H,2H2,1H3. The van der Waals surface area contributed by atoms with Gasteiger partial charge in [-0.15, -0.1) is 0 Å². The second kappa shape index (κ2) is 1.40. The van der Waals surface area contributed by atoms with Crippen LogP contribution in [-0.2, 0) is 4.79 Å². The van der Waals surface area contributed by atoms with Crippen LogP contribution in [-0.4, -0.2) is 16.8 Å². The molecule has 0 aliphatic carbocycles. The predicted molar refractivity (Wildman–Crippen MR) is 29.9 cm³/mol. The summed E-state index contributed by atoms with van der Waals surface area (Å²) in [6.45, 7) is 2.71. The van der Waals surface area contributed by atoms with Gasteiger partial charge >= 0.3 is 0 Å². The summed E-state index contributed by atoms with van der Waals surface area (Å²) >= 11 is 3.82. The van der Waals surface area contributed by atoms with E-state index in [0.717, 1.165) is 6.54 Å². The Morgan fingerprint density at radius 3 is 2.57 bits per heavy atom. The number of nitrogens with zero attached hydrogens (tertiary/aromatic N) is 1. The Bertz CT molecular complexity index is 93.9. The maximum atomic E-state index is 10.4. The minimum atomic E-state index is 0.142. The van der Waals surface area contributed by atoms with Crippen molar-refractivity contribution in [2.24, 2.45) is 5.92 Å². The van der Waals surface area contributed by atoms with Crippen molar-refractivity contribution < 1.29 is 4.79 Å². The molecule has 0 spiro atoms. The third-order valence-electron chi connectivity index (χ3n) is 1.12. The molecule has 0 saturated carbocycles. The molecule has 1 amide bonds. The molecule has 0 radical (unpaired) electrons. The van der Waals surface area contributed by atoms with Crippen LogP contribution >= 0.6 is 12.8 Å². The average molecular weight is 117 g/mol. The highest BCUT2D eigenvalue weighted by Gasteiger charge is 2.29. The lowest BCUT2D eigenvalue weighted by Gasteiger charge is -2.30. The Morgan fingerprint density at radius 1 is 2.00 bits per heavy atom. The van der Waals surface area contributed by atoms with E-state index in [9.17, 15) is 4.79 Å². The van der Waals surface area contributed by atoms with Crippen molar-refractivity contribution in [3.63, 3.8) is 0 Å². The number of amides is 1. The molecule has 7 heavy (non-hydrogen) atoms. The lowest BCUT2D eigenvalue weighted by Crippen LogP contribution is -2.44. The molecule has 2 nitrogen and oxygen atoms in total. The zero-order valence-electron chi connectivity index (χ0n) is 4.09. The predicted octanol–water partition coefficient (Wildman–Crippen LogP) is 0.309. The summed E-state index contributed by atoms with van der Waals surface area (Å²) < 4.78 is 1.42. The summed E-state index contributed by atoms with van der Waals surface area (Å²) in [7, 11) is 0. The Balaban J connectivity index is 2.44. The Morgan fingerprint density at radius 2 is 2.57 bits per heavy atom. The van der Waals surface area contributed by atoms with Crippen LogP contribution in [0.25, 0.3) is 0 Å². The van der Waals surface area contributed by atoms with Gasteiger partial charge in [0.25, 0.3) is 0 Å². The summed E-state index contributed by atoms with van der Waals surface area (Å²) in [5.41, 5.74) is 0. The highest BCUT2D eigenvalue weighted by Crippen LogP contribution is 2.17. The Labute approximate surface area is 48.0 Å². The van der Waals surface area contributed by atoms with Crippen molar-refractivity contribution in [3.05, 3.63) is 0 Å². The fourth-order valence-electron chi connectivity index (χ4n) is 0.569.